The van der Waals surface area contributed by atoms with Crippen LogP contribution >= 0.6 is 0 Å². The van der Waals surface area contributed by atoms with Gasteiger partial charge >= 0.3 is 6.18 Å². The van der Waals surface area contributed by atoms with E-state index in [2.05, 4.69) is 4.98 Å². The number of carbonyl (C=O) groups is 1. The smallest absolute Gasteiger partial charge is 0.336 e. The number of aryl methyl sites for hydroxylation is 1. The lowest BCUT2D eigenvalue weighted by atomic mass is 10.5. The molecule has 0 aliphatic heterocycles. The van der Waals surface area contributed by atoms with Crippen molar-refractivity contribution in [3.05, 3.63) is 12.4 Å². The third kappa shape index (κ3) is 4.22. The molecule has 0 bridgehead atoms. The molecular weight excluding hydrogens is 299 g/mol. The first kappa shape index (κ1) is 16.5. The van der Waals surface area contributed by atoms with Gasteiger partial charge < -0.3 is 9.47 Å². The lowest BCUT2D eigenvalue weighted by molar-refractivity contribution is -0.156. The SMILES string of the molecule is CCn1ccnc1S(=O)(=O)CC(=O)N(C)CC(F)(F)F. The minimum absolute atomic E-state index is 0.321. The van der Waals surface area contributed by atoms with Crippen LogP contribution in [0, 0.1) is 0 Å². The fraction of sp³-hybridized carbons (Fsp3) is 0.600. The molecule has 0 N–H and O–H groups in total. The van der Waals surface area contributed by atoms with Gasteiger partial charge in [0.05, 0.1) is 0 Å². The summed E-state index contributed by atoms with van der Waals surface area (Å²) in [5.74, 6) is -2.18. The maximum absolute atomic E-state index is 12.1. The summed E-state index contributed by atoms with van der Waals surface area (Å²) in [5.41, 5.74) is 0. The second-order valence-corrected chi connectivity index (χ2v) is 6.00. The van der Waals surface area contributed by atoms with E-state index in [1.165, 1.54) is 17.0 Å². The fourth-order valence-electron chi connectivity index (χ4n) is 1.51. The molecule has 0 aromatic carbocycles. The predicted octanol–water partition coefficient (Wildman–Crippen LogP) is 0.697. The Labute approximate surface area is 114 Å². The number of rotatable bonds is 5. The number of amides is 1. The van der Waals surface area contributed by atoms with Gasteiger partial charge in [-0.3, -0.25) is 4.79 Å². The van der Waals surface area contributed by atoms with E-state index in [9.17, 15) is 26.4 Å². The van der Waals surface area contributed by atoms with E-state index in [0.29, 0.717) is 11.4 Å². The highest BCUT2D eigenvalue weighted by Crippen LogP contribution is 2.16. The number of alkyl halides is 3. The van der Waals surface area contributed by atoms with Crippen LogP contribution < -0.4 is 0 Å². The summed E-state index contributed by atoms with van der Waals surface area (Å²) in [6.07, 6.45) is -1.91. The third-order valence-corrected chi connectivity index (χ3v) is 3.98. The highest BCUT2D eigenvalue weighted by Gasteiger charge is 2.33. The number of hydrogen-bond acceptors (Lipinski definition) is 4. The molecule has 114 valence electrons. The number of hydrogen-bond donors (Lipinski definition) is 0. The van der Waals surface area contributed by atoms with Crippen LogP contribution in [0.2, 0.25) is 0 Å². The van der Waals surface area contributed by atoms with E-state index in [0.717, 1.165) is 7.05 Å². The standard InChI is InChI=1S/C10H14F3N3O3S/c1-3-16-5-4-14-9(16)20(18,19)6-8(17)15(2)7-10(11,12)13/h4-5H,3,6-7H2,1-2H3. The lowest BCUT2D eigenvalue weighted by Gasteiger charge is -2.18. The summed E-state index contributed by atoms with van der Waals surface area (Å²) in [5, 5.41) is -0.325. The Hall–Kier alpha value is -1.58. The van der Waals surface area contributed by atoms with Gasteiger partial charge in [0.1, 0.15) is 12.3 Å². The van der Waals surface area contributed by atoms with Crippen molar-refractivity contribution < 1.29 is 26.4 Å². The molecule has 0 aliphatic carbocycles. The van der Waals surface area contributed by atoms with Crippen molar-refractivity contribution in [3.63, 3.8) is 0 Å². The van der Waals surface area contributed by atoms with Gasteiger partial charge in [-0.25, -0.2) is 13.4 Å². The molecule has 1 heterocycles. The summed E-state index contributed by atoms with van der Waals surface area (Å²) in [6.45, 7) is 0.503. The van der Waals surface area contributed by atoms with Gasteiger partial charge in [0.25, 0.3) is 0 Å². The summed E-state index contributed by atoms with van der Waals surface area (Å²) >= 11 is 0. The van der Waals surface area contributed by atoms with E-state index in [-0.39, 0.29) is 5.16 Å². The molecule has 0 fully saturated rings. The van der Waals surface area contributed by atoms with Crippen molar-refractivity contribution >= 4 is 15.7 Å². The van der Waals surface area contributed by atoms with Gasteiger partial charge in [0.15, 0.2) is 0 Å². The van der Waals surface area contributed by atoms with Gasteiger partial charge in [-0.2, -0.15) is 13.2 Å². The Morgan fingerprint density at radius 1 is 1.45 bits per heavy atom. The van der Waals surface area contributed by atoms with E-state index < -0.39 is 34.2 Å². The Morgan fingerprint density at radius 2 is 2.05 bits per heavy atom. The molecule has 0 saturated carbocycles. The first-order valence-electron chi connectivity index (χ1n) is 5.61. The Kier molecular flexibility index (Phi) is 4.79. The summed E-state index contributed by atoms with van der Waals surface area (Å²) in [7, 11) is -3.17. The summed E-state index contributed by atoms with van der Waals surface area (Å²) in [4.78, 5) is 15.5. The van der Waals surface area contributed by atoms with Crippen molar-refractivity contribution in [2.45, 2.75) is 24.8 Å². The van der Waals surface area contributed by atoms with E-state index in [4.69, 9.17) is 0 Å². The number of halogens is 3. The maximum Gasteiger partial charge on any atom is 0.406 e. The van der Waals surface area contributed by atoms with Crippen LogP contribution in [-0.4, -0.2) is 54.3 Å². The number of carbonyl (C=O) groups excluding carboxylic acids is 1. The third-order valence-electron chi connectivity index (χ3n) is 2.45. The van der Waals surface area contributed by atoms with Crippen LogP contribution in [0.5, 0.6) is 0 Å². The Bertz CT molecular complexity index is 580. The zero-order valence-corrected chi connectivity index (χ0v) is 11.7. The van der Waals surface area contributed by atoms with Crippen molar-refractivity contribution in [2.75, 3.05) is 19.3 Å². The molecule has 0 atom stereocenters. The van der Waals surface area contributed by atoms with Crippen LogP contribution in [0.4, 0.5) is 13.2 Å². The first-order chi connectivity index (χ1) is 9.07. The van der Waals surface area contributed by atoms with E-state index in [1.807, 2.05) is 0 Å². The molecule has 1 amide bonds. The van der Waals surface area contributed by atoms with Crippen LogP contribution in [0.1, 0.15) is 6.92 Å². The van der Waals surface area contributed by atoms with Crippen LogP contribution in [-0.2, 0) is 21.2 Å². The van der Waals surface area contributed by atoms with Crippen LogP contribution in [0.25, 0.3) is 0 Å². The van der Waals surface area contributed by atoms with Crippen molar-refractivity contribution in [2.24, 2.45) is 0 Å². The lowest BCUT2D eigenvalue weighted by Crippen LogP contribution is -2.39. The number of sulfone groups is 1. The molecule has 0 spiro atoms. The number of aromatic nitrogens is 2. The molecule has 1 aromatic rings. The van der Waals surface area contributed by atoms with E-state index in [1.54, 1.807) is 6.92 Å². The van der Waals surface area contributed by atoms with Crippen molar-refractivity contribution in [1.82, 2.24) is 14.5 Å². The van der Waals surface area contributed by atoms with Crippen molar-refractivity contribution in [1.29, 1.82) is 0 Å². The zero-order chi connectivity index (χ0) is 15.6. The highest BCUT2D eigenvalue weighted by molar-refractivity contribution is 7.91. The molecule has 0 aliphatic rings. The topological polar surface area (TPSA) is 72.3 Å². The number of nitrogens with zero attached hydrogens (tertiary/aromatic N) is 3. The fourth-order valence-corrected chi connectivity index (χ4v) is 2.95. The zero-order valence-electron chi connectivity index (χ0n) is 10.9. The van der Waals surface area contributed by atoms with Crippen molar-refractivity contribution in [3.8, 4) is 0 Å². The molecule has 0 radical (unpaired) electrons. The van der Waals surface area contributed by atoms with E-state index >= 15 is 0 Å². The highest BCUT2D eigenvalue weighted by atomic mass is 32.2. The van der Waals surface area contributed by atoms with Gasteiger partial charge in [-0.05, 0) is 6.92 Å². The molecule has 6 nitrogen and oxygen atoms in total. The quantitative estimate of drug-likeness (QED) is 0.802. The van der Waals surface area contributed by atoms with Gasteiger partial charge in [-0.1, -0.05) is 0 Å². The molecule has 10 heteroatoms. The predicted molar refractivity (Wildman–Crippen MR) is 63.6 cm³/mol. The van der Waals surface area contributed by atoms with Gasteiger partial charge in [0, 0.05) is 26.0 Å². The summed E-state index contributed by atoms with van der Waals surface area (Å²) < 4.78 is 61.6. The molecular formula is C10H14F3N3O3S. The Morgan fingerprint density at radius 3 is 2.55 bits per heavy atom. The average Bonchev–Trinajstić information content (AvgIpc) is 2.74. The van der Waals surface area contributed by atoms with Gasteiger partial charge in [0.2, 0.25) is 20.9 Å². The molecule has 0 saturated heterocycles. The number of imidazole rings is 1. The molecule has 1 aromatic heterocycles. The average molecular weight is 313 g/mol. The second-order valence-electron chi connectivity index (χ2n) is 4.12. The largest absolute Gasteiger partial charge is 0.406 e. The maximum atomic E-state index is 12.1. The van der Waals surface area contributed by atoms with Gasteiger partial charge in [-0.15, -0.1) is 0 Å². The summed E-state index contributed by atoms with van der Waals surface area (Å²) in [6, 6.07) is 0. The van der Waals surface area contributed by atoms with Crippen LogP contribution in [0.3, 0.4) is 0 Å². The molecule has 1 rings (SSSR count). The monoisotopic (exact) mass is 313 g/mol. The van der Waals surface area contributed by atoms with Crippen LogP contribution in [0.15, 0.2) is 17.6 Å². The molecule has 20 heavy (non-hydrogen) atoms. The second kappa shape index (κ2) is 5.81. The minimum atomic E-state index is -4.57. The minimum Gasteiger partial charge on any atom is -0.336 e. The molecule has 0 unspecified atom stereocenters. The first-order valence-corrected chi connectivity index (χ1v) is 7.26. The normalized spacial score (nSPS) is 12.4. The Balaban J connectivity index is 2.84.